The summed E-state index contributed by atoms with van der Waals surface area (Å²) in [5, 5.41) is 6.94. The molecule has 0 radical (unpaired) electrons. The number of nitrogens with zero attached hydrogens (tertiary/aromatic N) is 2. The van der Waals surface area contributed by atoms with Gasteiger partial charge in [-0.3, -0.25) is 4.99 Å². The van der Waals surface area contributed by atoms with Crippen molar-refractivity contribution in [2.24, 2.45) is 10.9 Å². The molecule has 1 aliphatic carbocycles. The van der Waals surface area contributed by atoms with Crippen LogP contribution >= 0.6 is 24.0 Å². The molecule has 0 aliphatic heterocycles. The molecule has 0 amide bonds. The van der Waals surface area contributed by atoms with Gasteiger partial charge in [-0.1, -0.05) is 26.2 Å². The van der Waals surface area contributed by atoms with Crippen molar-refractivity contribution in [3.05, 3.63) is 0 Å². The first-order valence-corrected chi connectivity index (χ1v) is 8.22. The lowest BCUT2D eigenvalue weighted by Gasteiger charge is -2.35. The van der Waals surface area contributed by atoms with Crippen LogP contribution in [0.5, 0.6) is 0 Å². The molecule has 0 aromatic rings. The second kappa shape index (κ2) is 11.5. The molecule has 4 nitrogen and oxygen atoms in total. The maximum atomic E-state index is 4.33. The first kappa shape index (κ1) is 21.0. The highest BCUT2D eigenvalue weighted by Crippen LogP contribution is 2.27. The second-order valence-electron chi connectivity index (χ2n) is 6.34. The number of hydrogen-bond donors (Lipinski definition) is 2. The Morgan fingerprint density at radius 2 is 1.86 bits per heavy atom. The fourth-order valence-electron chi connectivity index (χ4n) is 3.02. The predicted molar refractivity (Wildman–Crippen MR) is 104 cm³/mol. The molecule has 1 saturated carbocycles. The number of hydrogen-bond acceptors (Lipinski definition) is 2. The standard InChI is InChI=1S/C16H34N4.HI/c1-6-13(2)19-16(17-3)18-12-15(20(4)5)14-10-8-7-9-11-14;/h13-15H,6-12H2,1-5H3,(H2,17,18,19);1H. The van der Waals surface area contributed by atoms with Gasteiger partial charge in [-0.2, -0.15) is 0 Å². The largest absolute Gasteiger partial charge is 0.355 e. The summed E-state index contributed by atoms with van der Waals surface area (Å²) in [5.74, 6) is 1.76. The number of guanidine groups is 1. The predicted octanol–water partition coefficient (Wildman–Crippen LogP) is 3.08. The minimum atomic E-state index is 0. The minimum Gasteiger partial charge on any atom is -0.355 e. The van der Waals surface area contributed by atoms with E-state index in [2.05, 4.69) is 48.5 Å². The lowest BCUT2D eigenvalue weighted by molar-refractivity contribution is 0.171. The highest BCUT2D eigenvalue weighted by atomic mass is 127. The van der Waals surface area contributed by atoms with Crippen molar-refractivity contribution in [2.45, 2.75) is 64.5 Å². The molecule has 5 heteroatoms. The average molecular weight is 410 g/mol. The van der Waals surface area contributed by atoms with E-state index < -0.39 is 0 Å². The zero-order chi connectivity index (χ0) is 15.0. The van der Waals surface area contributed by atoms with Gasteiger partial charge in [-0.05, 0) is 46.2 Å². The third kappa shape index (κ3) is 7.68. The molecule has 0 aromatic heterocycles. The number of halogens is 1. The number of nitrogens with one attached hydrogen (secondary N) is 2. The first-order valence-electron chi connectivity index (χ1n) is 8.22. The Balaban J connectivity index is 0.00000400. The quantitative estimate of drug-likeness (QED) is 0.402. The maximum absolute atomic E-state index is 4.33. The van der Waals surface area contributed by atoms with Gasteiger partial charge in [0.05, 0.1) is 0 Å². The van der Waals surface area contributed by atoms with E-state index in [9.17, 15) is 0 Å². The Morgan fingerprint density at radius 3 is 2.33 bits per heavy atom. The summed E-state index contributed by atoms with van der Waals surface area (Å²) in [6.07, 6.45) is 8.08. The maximum Gasteiger partial charge on any atom is 0.191 e. The molecule has 0 spiro atoms. The van der Waals surface area contributed by atoms with E-state index in [0.29, 0.717) is 12.1 Å². The van der Waals surface area contributed by atoms with Gasteiger partial charge in [0.2, 0.25) is 0 Å². The summed E-state index contributed by atoms with van der Waals surface area (Å²) < 4.78 is 0. The van der Waals surface area contributed by atoms with Gasteiger partial charge in [-0.15, -0.1) is 24.0 Å². The van der Waals surface area contributed by atoms with Crippen molar-refractivity contribution in [3.63, 3.8) is 0 Å². The van der Waals surface area contributed by atoms with E-state index in [1.165, 1.54) is 32.1 Å². The third-order valence-electron chi connectivity index (χ3n) is 4.56. The fraction of sp³-hybridized carbons (Fsp3) is 0.938. The van der Waals surface area contributed by atoms with Crippen molar-refractivity contribution in [2.75, 3.05) is 27.7 Å². The highest BCUT2D eigenvalue weighted by Gasteiger charge is 2.25. The lowest BCUT2D eigenvalue weighted by Crippen LogP contribution is -2.49. The van der Waals surface area contributed by atoms with Gasteiger partial charge in [-0.25, -0.2) is 0 Å². The zero-order valence-electron chi connectivity index (χ0n) is 14.5. The van der Waals surface area contributed by atoms with Crippen LogP contribution in [0.1, 0.15) is 52.4 Å². The van der Waals surface area contributed by atoms with Crippen molar-refractivity contribution >= 4 is 29.9 Å². The summed E-state index contributed by atoms with van der Waals surface area (Å²) in [4.78, 5) is 6.70. The number of likely N-dealkylation sites (N-methyl/N-ethyl adjacent to an activating group) is 1. The Kier molecular flexibility index (Phi) is 11.5. The van der Waals surface area contributed by atoms with Crippen LogP contribution in [0.2, 0.25) is 0 Å². The zero-order valence-corrected chi connectivity index (χ0v) is 16.8. The van der Waals surface area contributed by atoms with Crippen molar-refractivity contribution in [1.29, 1.82) is 0 Å². The number of rotatable bonds is 6. The summed E-state index contributed by atoms with van der Waals surface area (Å²) in [5.41, 5.74) is 0. The van der Waals surface area contributed by atoms with E-state index in [1.807, 2.05) is 7.05 Å². The Labute approximate surface area is 148 Å². The van der Waals surface area contributed by atoms with Gasteiger partial charge >= 0.3 is 0 Å². The normalized spacial score (nSPS) is 19.8. The molecule has 2 atom stereocenters. The van der Waals surface area contributed by atoms with E-state index in [0.717, 1.165) is 24.8 Å². The molecule has 2 unspecified atom stereocenters. The van der Waals surface area contributed by atoms with Gasteiger partial charge in [0.15, 0.2) is 5.96 Å². The van der Waals surface area contributed by atoms with Crippen LogP contribution in [0, 0.1) is 5.92 Å². The van der Waals surface area contributed by atoms with Gasteiger partial charge in [0, 0.05) is 25.7 Å². The summed E-state index contributed by atoms with van der Waals surface area (Å²) in [6.45, 7) is 5.36. The highest BCUT2D eigenvalue weighted by molar-refractivity contribution is 14.0. The molecular weight excluding hydrogens is 375 g/mol. The minimum absolute atomic E-state index is 0. The van der Waals surface area contributed by atoms with Crippen LogP contribution in [-0.4, -0.2) is 50.6 Å². The van der Waals surface area contributed by atoms with Gasteiger partial charge < -0.3 is 15.5 Å². The topological polar surface area (TPSA) is 39.7 Å². The molecule has 126 valence electrons. The van der Waals surface area contributed by atoms with Crippen molar-refractivity contribution in [3.8, 4) is 0 Å². The molecule has 21 heavy (non-hydrogen) atoms. The van der Waals surface area contributed by atoms with E-state index in [4.69, 9.17) is 0 Å². The molecule has 0 heterocycles. The summed E-state index contributed by atoms with van der Waals surface area (Å²) in [7, 11) is 6.25. The van der Waals surface area contributed by atoms with Crippen LogP contribution in [0.15, 0.2) is 4.99 Å². The second-order valence-corrected chi connectivity index (χ2v) is 6.34. The Bertz CT molecular complexity index is 288. The SMILES string of the molecule is CCC(C)NC(=NC)NCC(C1CCCCC1)N(C)C.I. The molecule has 0 saturated heterocycles. The van der Waals surface area contributed by atoms with E-state index >= 15 is 0 Å². The van der Waals surface area contributed by atoms with Gasteiger partial charge in [0.25, 0.3) is 0 Å². The monoisotopic (exact) mass is 410 g/mol. The Hall–Kier alpha value is -0.0400. The molecular formula is C16H35IN4. The molecule has 0 bridgehead atoms. The van der Waals surface area contributed by atoms with Gasteiger partial charge in [0.1, 0.15) is 0 Å². The molecule has 1 fully saturated rings. The third-order valence-corrected chi connectivity index (χ3v) is 4.56. The van der Waals surface area contributed by atoms with E-state index in [1.54, 1.807) is 0 Å². The van der Waals surface area contributed by atoms with Crippen LogP contribution in [0.3, 0.4) is 0 Å². The molecule has 1 rings (SSSR count). The van der Waals surface area contributed by atoms with Crippen LogP contribution in [0.25, 0.3) is 0 Å². The molecule has 1 aliphatic rings. The van der Waals surface area contributed by atoms with Crippen LogP contribution in [0.4, 0.5) is 0 Å². The molecule has 0 aromatic carbocycles. The smallest absolute Gasteiger partial charge is 0.191 e. The number of aliphatic imine (C=N–C) groups is 1. The van der Waals surface area contributed by atoms with Crippen LogP contribution in [-0.2, 0) is 0 Å². The first-order chi connectivity index (χ1) is 9.58. The fourth-order valence-corrected chi connectivity index (χ4v) is 3.02. The van der Waals surface area contributed by atoms with Crippen LogP contribution < -0.4 is 10.6 Å². The summed E-state index contributed by atoms with van der Waals surface area (Å²) >= 11 is 0. The van der Waals surface area contributed by atoms with E-state index in [-0.39, 0.29) is 24.0 Å². The average Bonchev–Trinajstić information content (AvgIpc) is 2.46. The Morgan fingerprint density at radius 1 is 1.24 bits per heavy atom. The molecule has 2 N–H and O–H groups in total. The van der Waals surface area contributed by atoms with Crippen molar-refractivity contribution < 1.29 is 0 Å². The summed E-state index contributed by atoms with van der Waals surface area (Å²) in [6, 6.07) is 1.07. The lowest BCUT2D eigenvalue weighted by atomic mass is 9.83. The van der Waals surface area contributed by atoms with Crippen molar-refractivity contribution in [1.82, 2.24) is 15.5 Å².